The van der Waals surface area contributed by atoms with Gasteiger partial charge in [-0.05, 0) is 55.8 Å². The van der Waals surface area contributed by atoms with Crippen molar-refractivity contribution < 1.29 is 14.4 Å². The van der Waals surface area contributed by atoms with Gasteiger partial charge in [0.05, 0.1) is 0 Å². The lowest BCUT2D eigenvalue weighted by Gasteiger charge is -2.55. The van der Waals surface area contributed by atoms with E-state index in [0.717, 1.165) is 55.5 Å². The van der Waals surface area contributed by atoms with Gasteiger partial charge in [0.25, 0.3) is 0 Å². The third-order valence-electron chi connectivity index (χ3n) is 8.72. The summed E-state index contributed by atoms with van der Waals surface area (Å²) in [6, 6.07) is 10.5. The molecule has 2 aromatic heterocycles. The molecule has 1 aliphatic carbocycles. The molecule has 8 nitrogen and oxygen atoms in total. The monoisotopic (exact) mass is 531 g/mol. The minimum absolute atomic E-state index is 0.101. The maximum absolute atomic E-state index is 12.5. The van der Waals surface area contributed by atoms with Gasteiger partial charge in [-0.25, -0.2) is 0 Å². The number of nitrogens with one attached hydrogen (secondary N) is 1. The van der Waals surface area contributed by atoms with E-state index in [4.69, 9.17) is 9.51 Å². The summed E-state index contributed by atoms with van der Waals surface area (Å²) in [7, 11) is 2.07. The fourth-order valence-electron chi connectivity index (χ4n) is 6.44. The summed E-state index contributed by atoms with van der Waals surface area (Å²) in [5, 5.41) is 19.9. The zero-order valence-electron chi connectivity index (χ0n) is 23.8. The first-order valence-electron chi connectivity index (χ1n) is 14.2. The lowest BCUT2D eigenvalue weighted by Crippen LogP contribution is -2.63. The smallest absolute Gasteiger partial charge is 0.230 e. The number of aromatic nitrogens is 3. The van der Waals surface area contributed by atoms with E-state index >= 15 is 0 Å². The van der Waals surface area contributed by atoms with Gasteiger partial charge in [0, 0.05) is 60.4 Å². The second-order valence-electron chi connectivity index (χ2n) is 12.1. The largest absolute Gasteiger partial charge is 0.380 e. The molecule has 1 unspecified atom stereocenters. The number of carbonyl (C=O) groups is 1. The van der Waals surface area contributed by atoms with Crippen molar-refractivity contribution >= 4 is 5.91 Å². The van der Waals surface area contributed by atoms with Crippen LogP contribution in [0, 0.1) is 5.41 Å². The summed E-state index contributed by atoms with van der Waals surface area (Å²) in [6.07, 6.45) is 7.60. The molecule has 0 radical (unpaired) electrons. The van der Waals surface area contributed by atoms with Gasteiger partial charge >= 0.3 is 0 Å². The fourth-order valence-corrected chi connectivity index (χ4v) is 6.44. The van der Waals surface area contributed by atoms with Gasteiger partial charge in [0.15, 0.2) is 0 Å². The van der Waals surface area contributed by atoms with Crippen molar-refractivity contribution in [1.29, 1.82) is 0 Å². The lowest BCUT2D eigenvalue weighted by molar-refractivity contribution is -0.127. The van der Waals surface area contributed by atoms with Gasteiger partial charge in [-0.3, -0.25) is 9.78 Å². The molecule has 1 saturated carbocycles. The molecular weight excluding hydrogens is 490 g/mol. The quantitative estimate of drug-likeness (QED) is 0.422. The number of carbonyl (C=O) groups excluding carboxylic acids is 1. The first-order valence-corrected chi connectivity index (χ1v) is 14.2. The van der Waals surface area contributed by atoms with Crippen molar-refractivity contribution in [1.82, 2.24) is 25.3 Å². The maximum atomic E-state index is 12.5. The minimum Gasteiger partial charge on any atom is -0.380 e. The Hall–Kier alpha value is -3.10. The Morgan fingerprint density at radius 1 is 1.15 bits per heavy atom. The predicted octanol–water partition coefficient (Wildman–Crippen LogP) is 5.00. The van der Waals surface area contributed by atoms with Crippen molar-refractivity contribution in [2.75, 3.05) is 20.1 Å². The predicted molar refractivity (Wildman–Crippen MR) is 150 cm³/mol. The molecule has 208 valence electrons. The Labute approximate surface area is 231 Å². The first kappa shape index (κ1) is 27.5. The highest BCUT2D eigenvalue weighted by molar-refractivity contribution is 5.75. The van der Waals surface area contributed by atoms with Gasteiger partial charge < -0.3 is 19.8 Å². The third-order valence-corrected chi connectivity index (χ3v) is 8.72. The number of likely N-dealkylation sites (tertiary alicyclic amines) is 1. The Kier molecular flexibility index (Phi) is 7.62. The Bertz CT molecular complexity index is 1290. The minimum atomic E-state index is -1.23. The number of aliphatic hydroxyl groups is 1. The summed E-state index contributed by atoms with van der Waals surface area (Å²) >= 11 is 0. The second-order valence-corrected chi connectivity index (χ2v) is 12.1. The van der Waals surface area contributed by atoms with E-state index in [0.29, 0.717) is 24.1 Å². The van der Waals surface area contributed by atoms with E-state index in [2.05, 4.69) is 72.4 Å². The van der Waals surface area contributed by atoms with Crippen LogP contribution >= 0.6 is 0 Å². The van der Waals surface area contributed by atoms with Crippen LogP contribution in [0.1, 0.15) is 94.2 Å². The zero-order chi connectivity index (χ0) is 27.8. The molecule has 1 saturated heterocycles. The van der Waals surface area contributed by atoms with E-state index in [-0.39, 0.29) is 23.3 Å². The molecule has 1 amide bonds. The molecule has 1 atom stereocenters. The molecule has 2 aliphatic rings. The van der Waals surface area contributed by atoms with Crippen molar-refractivity contribution in [3.63, 3.8) is 0 Å². The van der Waals surface area contributed by atoms with Gasteiger partial charge in [-0.15, -0.1) is 0 Å². The number of rotatable bonds is 8. The van der Waals surface area contributed by atoms with Crippen molar-refractivity contribution in [3.05, 3.63) is 65.3 Å². The van der Waals surface area contributed by atoms with Gasteiger partial charge in [0.1, 0.15) is 5.60 Å². The fraction of sp³-hybridized carbons (Fsp3) is 0.548. The average Bonchev–Trinajstić information content (AvgIpc) is 3.43. The maximum Gasteiger partial charge on any atom is 0.230 e. The molecule has 39 heavy (non-hydrogen) atoms. The molecule has 5 rings (SSSR count). The van der Waals surface area contributed by atoms with Crippen molar-refractivity contribution in [2.45, 2.75) is 83.3 Å². The molecule has 3 heterocycles. The standard InChI is InChI=1S/C31H41N5O3/c1-6-27(37)33-26-13-9-22(10-14-26)29-34-28(35-39-29)23-15-25(17-32-16-23)31(38,30(4)18-36(5)19-30)24-11-7-21(8-12-24)20(2)3/h7-8,11-12,15-17,20,22,26,38H,6,9-10,13-14,18-19H2,1-5H3,(H,33,37)/t22-,26-,31?. The molecule has 0 spiro atoms. The first-order chi connectivity index (χ1) is 18.6. The second kappa shape index (κ2) is 10.8. The third kappa shape index (κ3) is 5.24. The summed E-state index contributed by atoms with van der Waals surface area (Å²) in [5.41, 5.74) is 1.94. The molecule has 1 aromatic carbocycles. The topological polar surface area (TPSA) is 104 Å². The number of benzene rings is 1. The summed E-state index contributed by atoms with van der Waals surface area (Å²) in [5.74, 6) is 1.80. The summed E-state index contributed by atoms with van der Waals surface area (Å²) in [4.78, 5) is 23.2. The lowest BCUT2D eigenvalue weighted by atomic mass is 9.62. The number of hydrogen-bond donors (Lipinski definition) is 2. The highest BCUT2D eigenvalue weighted by Gasteiger charge is 2.55. The van der Waals surface area contributed by atoms with E-state index in [1.54, 1.807) is 12.4 Å². The van der Waals surface area contributed by atoms with Crippen LogP contribution in [-0.4, -0.2) is 57.2 Å². The number of nitrogens with zero attached hydrogens (tertiary/aromatic N) is 4. The van der Waals surface area contributed by atoms with Gasteiger partial charge in [-0.1, -0.05) is 57.1 Å². The molecular formula is C31H41N5O3. The van der Waals surface area contributed by atoms with Crippen LogP contribution in [0.3, 0.4) is 0 Å². The molecule has 3 aromatic rings. The van der Waals surface area contributed by atoms with Crippen LogP contribution in [0.2, 0.25) is 0 Å². The van der Waals surface area contributed by atoms with Gasteiger partial charge in [-0.2, -0.15) is 4.98 Å². The summed E-state index contributed by atoms with van der Waals surface area (Å²) in [6.45, 7) is 9.90. The van der Waals surface area contributed by atoms with Crippen molar-refractivity contribution in [2.24, 2.45) is 5.41 Å². The Morgan fingerprint density at radius 3 is 2.46 bits per heavy atom. The molecule has 8 heteroatoms. The Morgan fingerprint density at radius 2 is 1.85 bits per heavy atom. The number of pyridine rings is 1. The zero-order valence-corrected chi connectivity index (χ0v) is 23.8. The molecule has 0 bridgehead atoms. The Balaban J connectivity index is 1.40. The van der Waals surface area contributed by atoms with Crippen LogP contribution in [0.4, 0.5) is 0 Å². The van der Waals surface area contributed by atoms with E-state index < -0.39 is 5.60 Å². The average molecular weight is 532 g/mol. The van der Waals surface area contributed by atoms with Crippen LogP contribution in [0.25, 0.3) is 11.4 Å². The van der Waals surface area contributed by atoms with Crippen molar-refractivity contribution in [3.8, 4) is 11.4 Å². The van der Waals surface area contributed by atoms with E-state index in [1.165, 1.54) is 5.56 Å². The number of amides is 1. The van der Waals surface area contributed by atoms with E-state index in [9.17, 15) is 9.90 Å². The van der Waals surface area contributed by atoms with Crippen LogP contribution in [0.15, 0.2) is 47.2 Å². The summed E-state index contributed by atoms with van der Waals surface area (Å²) < 4.78 is 5.71. The van der Waals surface area contributed by atoms with Crippen LogP contribution in [0.5, 0.6) is 0 Å². The molecule has 2 fully saturated rings. The highest BCUT2D eigenvalue weighted by atomic mass is 16.5. The van der Waals surface area contributed by atoms with Crippen LogP contribution in [-0.2, 0) is 10.4 Å². The van der Waals surface area contributed by atoms with Gasteiger partial charge in [0.2, 0.25) is 17.6 Å². The number of hydrogen-bond acceptors (Lipinski definition) is 7. The van der Waals surface area contributed by atoms with Crippen LogP contribution < -0.4 is 5.32 Å². The SMILES string of the molecule is CCC(=O)N[C@H]1CC[C@H](c2nc(-c3cncc(C(O)(c4ccc(C(C)C)cc4)C4(C)CN(C)C4)c3)no2)CC1. The normalized spacial score (nSPS) is 22.7. The molecule has 1 aliphatic heterocycles. The highest BCUT2D eigenvalue weighted by Crippen LogP contribution is 2.50. The van der Waals surface area contributed by atoms with E-state index in [1.807, 2.05) is 13.0 Å². The molecule has 2 N–H and O–H groups in total.